The summed E-state index contributed by atoms with van der Waals surface area (Å²) in [7, 11) is 0. The molecule has 1 saturated heterocycles. The Labute approximate surface area is 148 Å². The Kier molecular flexibility index (Phi) is 4.42. The fourth-order valence-electron chi connectivity index (χ4n) is 2.63. The zero-order valence-electron chi connectivity index (χ0n) is 12.9. The largest absolute Gasteiger partial charge is 0.378 e. The third kappa shape index (κ3) is 3.00. The van der Waals surface area contributed by atoms with Gasteiger partial charge in [-0.05, 0) is 12.1 Å². The maximum atomic E-state index is 6.41. The van der Waals surface area contributed by atoms with Crippen molar-refractivity contribution in [2.24, 2.45) is 0 Å². The molecule has 2 aromatic heterocycles. The maximum Gasteiger partial charge on any atom is 0.186 e. The van der Waals surface area contributed by atoms with Crippen LogP contribution in [0.4, 0.5) is 5.13 Å². The second-order valence-electron chi connectivity index (χ2n) is 5.35. The molecule has 1 aromatic carbocycles. The number of ether oxygens (including phenoxy) is 1. The number of aromatic nitrogens is 3. The highest BCUT2D eigenvalue weighted by molar-refractivity contribution is 7.19. The monoisotopic (exact) mass is 358 g/mol. The van der Waals surface area contributed by atoms with Gasteiger partial charge in [-0.25, -0.2) is 15.0 Å². The quantitative estimate of drug-likeness (QED) is 0.713. The first kappa shape index (κ1) is 15.5. The van der Waals surface area contributed by atoms with E-state index in [4.69, 9.17) is 21.3 Å². The fourth-order valence-corrected chi connectivity index (χ4v) is 3.97. The average molecular weight is 359 g/mol. The van der Waals surface area contributed by atoms with Crippen LogP contribution in [0.3, 0.4) is 0 Å². The van der Waals surface area contributed by atoms with Crippen LogP contribution in [0.25, 0.3) is 21.8 Å². The number of anilines is 1. The molecule has 0 spiro atoms. The van der Waals surface area contributed by atoms with Crippen LogP contribution in [0.2, 0.25) is 5.02 Å². The summed E-state index contributed by atoms with van der Waals surface area (Å²) < 4.78 is 5.44. The summed E-state index contributed by atoms with van der Waals surface area (Å²) in [4.78, 5) is 16.5. The lowest BCUT2D eigenvalue weighted by molar-refractivity contribution is 0.122. The third-order valence-electron chi connectivity index (χ3n) is 3.84. The van der Waals surface area contributed by atoms with Gasteiger partial charge in [0, 0.05) is 24.8 Å². The predicted octanol–water partition coefficient (Wildman–Crippen LogP) is 3.76. The fraction of sp³-hybridized carbons (Fsp3) is 0.235. The van der Waals surface area contributed by atoms with E-state index >= 15 is 0 Å². The van der Waals surface area contributed by atoms with E-state index in [0.29, 0.717) is 5.02 Å². The molecule has 24 heavy (non-hydrogen) atoms. The molecule has 0 saturated carbocycles. The number of benzene rings is 1. The van der Waals surface area contributed by atoms with Gasteiger partial charge in [0.05, 0.1) is 34.5 Å². The summed E-state index contributed by atoms with van der Waals surface area (Å²) in [6.45, 7) is 3.14. The molecule has 5 nitrogen and oxygen atoms in total. The molecule has 122 valence electrons. The molecule has 1 fully saturated rings. The van der Waals surface area contributed by atoms with Crippen LogP contribution in [-0.4, -0.2) is 41.3 Å². The molecule has 0 aliphatic carbocycles. The zero-order chi connectivity index (χ0) is 16.4. The number of hydrogen-bond acceptors (Lipinski definition) is 6. The van der Waals surface area contributed by atoms with Crippen molar-refractivity contribution >= 4 is 28.1 Å². The van der Waals surface area contributed by atoms with E-state index in [-0.39, 0.29) is 0 Å². The van der Waals surface area contributed by atoms with Crippen LogP contribution in [-0.2, 0) is 4.74 Å². The topological polar surface area (TPSA) is 51.1 Å². The molecule has 0 amide bonds. The molecule has 3 heterocycles. The van der Waals surface area contributed by atoms with Crippen molar-refractivity contribution in [1.82, 2.24) is 15.0 Å². The van der Waals surface area contributed by atoms with Gasteiger partial charge in [0.1, 0.15) is 6.33 Å². The van der Waals surface area contributed by atoms with Gasteiger partial charge in [0.2, 0.25) is 0 Å². The summed E-state index contributed by atoms with van der Waals surface area (Å²) in [5, 5.41) is 1.66. The highest BCUT2D eigenvalue weighted by Crippen LogP contribution is 2.41. The Morgan fingerprint density at radius 2 is 1.96 bits per heavy atom. The van der Waals surface area contributed by atoms with Crippen LogP contribution in [0.5, 0.6) is 0 Å². The summed E-state index contributed by atoms with van der Waals surface area (Å²) in [5.74, 6) is 0. The lowest BCUT2D eigenvalue weighted by Crippen LogP contribution is -2.36. The maximum absolute atomic E-state index is 6.41. The second-order valence-corrected chi connectivity index (χ2v) is 6.73. The molecule has 0 radical (unpaired) electrons. The lowest BCUT2D eigenvalue weighted by atomic mass is 10.1. The van der Waals surface area contributed by atoms with E-state index in [9.17, 15) is 0 Å². The second kappa shape index (κ2) is 6.84. The molecule has 7 heteroatoms. The minimum absolute atomic E-state index is 0.687. The number of nitrogens with zero attached hydrogens (tertiary/aromatic N) is 4. The van der Waals surface area contributed by atoms with Gasteiger partial charge in [-0.15, -0.1) is 0 Å². The molecule has 0 unspecified atom stereocenters. The van der Waals surface area contributed by atoms with E-state index in [2.05, 4.69) is 14.9 Å². The Morgan fingerprint density at radius 3 is 2.71 bits per heavy atom. The first-order valence-electron chi connectivity index (χ1n) is 7.68. The molecule has 1 aliphatic rings. The van der Waals surface area contributed by atoms with Gasteiger partial charge in [0.25, 0.3) is 0 Å². The first-order chi connectivity index (χ1) is 11.8. The van der Waals surface area contributed by atoms with Crippen molar-refractivity contribution < 1.29 is 4.74 Å². The zero-order valence-corrected chi connectivity index (χ0v) is 14.4. The van der Waals surface area contributed by atoms with E-state index in [1.165, 1.54) is 0 Å². The minimum atomic E-state index is 0.687. The van der Waals surface area contributed by atoms with Gasteiger partial charge in [-0.1, -0.05) is 41.1 Å². The van der Waals surface area contributed by atoms with Crippen molar-refractivity contribution in [2.75, 3.05) is 31.2 Å². The SMILES string of the molecule is Clc1ccccc1-c1nc(N2CCOCC2)sc1-c1ccncn1. The predicted molar refractivity (Wildman–Crippen MR) is 96.6 cm³/mol. The Hall–Kier alpha value is -2.02. The lowest BCUT2D eigenvalue weighted by Gasteiger charge is -2.26. The summed E-state index contributed by atoms with van der Waals surface area (Å²) in [6, 6.07) is 9.67. The number of thiazole rings is 1. The minimum Gasteiger partial charge on any atom is -0.378 e. The van der Waals surface area contributed by atoms with Gasteiger partial charge in [0.15, 0.2) is 5.13 Å². The first-order valence-corrected chi connectivity index (χ1v) is 8.87. The average Bonchev–Trinajstić information content (AvgIpc) is 3.09. The Bertz CT molecular complexity index is 834. The number of rotatable bonds is 3. The molecular formula is C17H15ClN4OS. The van der Waals surface area contributed by atoms with E-state index in [0.717, 1.165) is 53.3 Å². The molecule has 0 bridgehead atoms. The number of hydrogen-bond donors (Lipinski definition) is 0. The van der Waals surface area contributed by atoms with Crippen molar-refractivity contribution in [1.29, 1.82) is 0 Å². The Morgan fingerprint density at radius 1 is 1.12 bits per heavy atom. The van der Waals surface area contributed by atoms with Crippen LogP contribution in [0.1, 0.15) is 0 Å². The molecule has 4 rings (SSSR count). The van der Waals surface area contributed by atoms with Gasteiger partial charge < -0.3 is 9.64 Å². The van der Waals surface area contributed by atoms with Crippen molar-refractivity contribution in [3.8, 4) is 21.8 Å². The summed E-state index contributed by atoms with van der Waals surface area (Å²) >= 11 is 8.04. The van der Waals surface area contributed by atoms with E-state index in [1.807, 2.05) is 30.3 Å². The van der Waals surface area contributed by atoms with Crippen molar-refractivity contribution in [3.63, 3.8) is 0 Å². The summed E-state index contributed by atoms with van der Waals surface area (Å²) in [6.07, 6.45) is 3.30. The normalized spacial score (nSPS) is 14.8. The highest BCUT2D eigenvalue weighted by Gasteiger charge is 2.22. The standard InChI is InChI=1S/C17H15ClN4OS/c18-13-4-2-1-3-12(13)15-16(14-5-6-19-11-20-14)24-17(21-15)22-7-9-23-10-8-22/h1-6,11H,7-10H2. The third-order valence-corrected chi connectivity index (χ3v) is 5.31. The van der Waals surface area contributed by atoms with E-state index < -0.39 is 0 Å². The smallest absolute Gasteiger partial charge is 0.186 e. The molecule has 0 N–H and O–H groups in total. The Balaban J connectivity index is 1.84. The molecule has 0 atom stereocenters. The van der Waals surface area contributed by atoms with Crippen molar-refractivity contribution in [3.05, 3.63) is 47.9 Å². The van der Waals surface area contributed by atoms with Crippen LogP contribution in [0, 0.1) is 0 Å². The molecule has 1 aliphatic heterocycles. The van der Waals surface area contributed by atoms with Crippen molar-refractivity contribution in [2.45, 2.75) is 0 Å². The van der Waals surface area contributed by atoms with Gasteiger partial charge in [-0.2, -0.15) is 0 Å². The number of morpholine rings is 1. The molecule has 3 aromatic rings. The number of halogens is 1. The van der Waals surface area contributed by atoms with Crippen LogP contribution < -0.4 is 4.90 Å². The highest BCUT2D eigenvalue weighted by atomic mass is 35.5. The van der Waals surface area contributed by atoms with E-state index in [1.54, 1.807) is 23.9 Å². The molecular weight excluding hydrogens is 344 g/mol. The van der Waals surface area contributed by atoms with Gasteiger partial charge in [-0.3, -0.25) is 0 Å². The summed E-state index contributed by atoms with van der Waals surface area (Å²) in [5.41, 5.74) is 2.64. The van der Waals surface area contributed by atoms with Crippen LogP contribution in [0.15, 0.2) is 42.9 Å². The van der Waals surface area contributed by atoms with Gasteiger partial charge >= 0.3 is 0 Å². The van der Waals surface area contributed by atoms with Crippen LogP contribution >= 0.6 is 22.9 Å².